The van der Waals surface area contributed by atoms with Crippen LogP contribution < -0.4 is 5.73 Å². The fourth-order valence-corrected chi connectivity index (χ4v) is 3.67. The summed E-state index contributed by atoms with van der Waals surface area (Å²) in [4.78, 5) is 15.5. The Kier molecular flexibility index (Phi) is 5.50. The quantitative estimate of drug-likeness (QED) is 0.814. The summed E-state index contributed by atoms with van der Waals surface area (Å²) in [7, 11) is 0. The molecule has 0 radical (unpaired) electrons. The van der Waals surface area contributed by atoms with E-state index in [0.717, 1.165) is 10.4 Å². The summed E-state index contributed by atoms with van der Waals surface area (Å²) < 4.78 is 5.53. The van der Waals surface area contributed by atoms with Gasteiger partial charge in [-0.1, -0.05) is 18.2 Å². The largest absolute Gasteiger partial charge is 0.399 e. The molecule has 0 aliphatic carbocycles. The van der Waals surface area contributed by atoms with Crippen LogP contribution in [0, 0.1) is 0 Å². The molecular weight excluding hydrogens is 324 g/mol. The Morgan fingerprint density at radius 2 is 2.17 bits per heavy atom. The third kappa shape index (κ3) is 4.14. The predicted octanol–water partition coefficient (Wildman–Crippen LogP) is 2.22. The van der Waals surface area contributed by atoms with Gasteiger partial charge in [0.15, 0.2) is 0 Å². The van der Waals surface area contributed by atoms with Crippen LogP contribution in [0.25, 0.3) is 0 Å². The first-order valence-corrected chi connectivity index (χ1v) is 8.94. The number of amides is 1. The van der Waals surface area contributed by atoms with Gasteiger partial charge in [-0.05, 0) is 29.1 Å². The number of hydrogen-bond donors (Lipinski definition) is 2. The minimum atomic E-state index is -0.566. The van der Waals surface area contributed by atoms with Crippen molar-refractivity contribution in [2.24, 2.45) is 0 Å². The van der Waals surface area contributed by atoms with Crippen molar-refractivity contribution in [3.05, 3.63) is 52.2 Å². The number of thiophene rings is 1. The number of rotatable bonds is 5. The first-order chi connectivity index (χ1) is 11.6. The highest BCUT2D eigenvalue weighted by atomic mass is 32.1. The van der Waals surface area contributed by atoms with Gasteiger partial charge in [-0.3, -0.25) is 4.79 Å². The topological polar surface area (TPSA) is 75.8 Å². The van der Waals surface area contributed by atoms with Crippen LogP contribution in [0.1, 0.15) is 23.0 Å². The molecule has 5 nitrogen and oxygen atoms in total. The summed E-state index contributed by atoms with van der Waals surface area (Å²) in [6, 6.07) is 11.1. The SMILES string of the molecule is Nc1ccc(CC(=O)N2CCOCC2CC(O)c2cccs2)cc1. The first kappa shape index (κ1) is 17.0. The molecular formula is C18H22N2O3S. The molecule has 2 atom stereocenters. The van der Waals surface area contributed by atoms with E-state index in [2.05, 4.69) is 0 Å². The number of aliphatic hydroxyl groups is 1. The van der Waals surface area contributed by atoms with Crippen LogP contribution in [0.5, 0.6) is 0 Å². The van der Waals surface area contributed by atoms with E-state index in [9.17, 15) is 9.90 Å². The van der Waals surface area contributed by atoms with E-state index < -0.39 is 6.10 Å². The minimum Gasteiger partial charge on any atom is -0.399 e. The molecule has 0 saturated carbocycles. The highest BCUT2D eigenvalue weighted by Gasteiger charge is 2.29. The number of ether oxygens (including phenoxy) is 1. The van der Waals surface area contributed by atoms with E-state index >= 15 is 0 Å². The Balaban J connectivity index is 1.64. The van der Waals surface area contributed by atoms with Gasteiger partial charge in [0.05, 0.1) is 31.8 Å². The summed E-state index contributed by atoms with van der Waals surface area (Å²) >= 11 is 1.53. The Morgan fingerprint density at radius 3 is 2.88 bits per heavy atom. The van der Waals surface area contributed by atoms with Gasteiger partial charge in [0.25, 0.3) is 0 Å². The van der Waals surface area contributed by atoms with Crippen LogP contribution in [0.2, 0.25) is 0 Å². The molecule has 1 aromatic heterocycles. The van der Waals surface area contributed by atoms with Crippen LogP contribution in [-0.2, 0) is 16.0 Å². The summed E-state index contributed by atoms with van der Waals surface area (Å²) in [5.41, 5.74) is 7.32. The second kappa shape index (κ2) is 7.79. The summed E-state index contributed by atoms with van der Waals surface area (Å²) in [6.07, 6.45) is 0.267. The van der Waals surface area contributed by atoms with E-state index in [0.29, 0.717) is 38.3 Å². The van der Waals surface area contributed by atoms with Crippen molar-refractivity contribution in [2.75, 3.05) is 25.5 Å². The lowest BCUT2D eigenvalue weighted by atomic mass is 10.0. The number of benzene rings is 1. The molecule has 1 amide bonds. The monoisotopic (exact) mass is 346 g/mol. The molecule has 1 aliphatic heterocycles. The third-order valence-electron chi connectivity index (χ3n) is 4.25. The van der Waals surface area contributed by atoms with Gasteiger partial charge in [0.1, 0.15) is 0 Å². The average molecular weight is 346 g/mol. The number of morpholine rings is 1. The molecule has 24 heavy (non-hydrogen) atoms. The number of nitrogens with zero attached hydrogens (tertiary/aromatic N) is 1. The van der Waals surface area contributed by atoms with Gasteiger partial charge < -0.3 is 20.5 Å². The van der Waals surface area contributed by atoms with Gasteiger partial charge in [-0.2, -0.15) is 0 Å². The number of carbonyl (C=O) groups excluding carboxylic acids is 1. The van der Waals surface area contributed by atoms with E-state index in [-0.39, 0.29) is 11.9 Å². The Bertz CT molecular complexity index is 657. The lowest BCUT2D eigenvalue weighted by Gasteiger charge is -2.36. The van der Waals surface area contributed by atoms with Crippen molar-refractivity contribution in [2.45, 2.75) is 25.0 Å². The molecule has 2 aromatic rings. The van der Waals surface area contributed by atoms with E-state index in [1.54, 1.807) is 12.1 Å². The van der Waals surface area contributed by atoms with Crippen LogP contribution >= 0.6 is 11.3 Å². The zero-order valence-electron chi connectivity index (χ0n) is 13.4. The maximum atomic E-state index is 12.7. The van der Waals surface area contributed by atoms with Crippen molar-refractivity contribution >= 4 is 22.9 Å². The number of hydrogen-bond acceptors (Lipinski definition) is 5. The maximum absolute atomic E-state index is 12.7. The molecule has 2 unspecified atom stereocenters. The second-order valence-corrected chi connectivity index (χ2v) is 6.98. The van der Waals surface area contributed by atoms with E-state index in [4.69, 9.17) is 10.5 Å². The number of nitrogen functional groups attached to an aromatic ring is 1. The van der Waals surface area contributed by atoms with Crippen LogP contribution in [0.3, 0.4) is 0 Å². The van der Waals surface area contributed by atoms with Crippen LogP contribution in [0.4, 0.5) is 5.69 Å². The molecule has 3 N–H and O–H groups in total. The van der Waals surface area contributed by atoms with Gasteiger partial charge in [0, 0.05) is 23.5 Å². The van der Waals surface area contributed by atoms with E-state index in [1.165, 1.54) is 11.3 Å². The minimum absolute atomic E-state index is 0.0615. The van der Waals surface area contributed by atoms with Crippen molar-refractivity contribution in [1.82, 2.24) is 4.90 Å². The zero-order valence-corrected chi connectivity index (χ0v) is 14.2. The zero-order chi connectivity index (χ0) is 16.9. The average Bonchev–Trinajstić information content (AvgIpc) is 3.12. The van der Waals surface area contributed by atoms with Gasteiger partial charge >= 0.3 is 0 Å². The molecule has 0 spiro atoms. The van der Waals surface area contributed by atoms with Gasteiger partial charge in [-0.25, -0.2) is 0 Å². The fourth-order valence-electron chi connectivity index (χ4n) is 2.94. The van der Waals surface area contributed by atoms with Crippen molar-refractivity contribution in [1.29, 1.82) is 0 Å². The molecule has 3 rings (SSSR count). The second-order valence-electron chi connectivity index (χ2n) is 6.00. The van der Waals surface area contributed by atoms with Crippen molar-refractivity contribution in [3.8, 4) is 0 Å². The lowest BCUT2D eigenvalue weighted by Crippen LogP contribution is -2.49. The summed E-state index contributed by atoms with van der Waals surface area (Å²) in [5, 5.41) is 12.3. The standard InChI is InChI=1S/C18H22N2O3S/c19-14-5-3-13(4-6-14)10-18(22)20-7-8-23-12-15(20)11-16(21)17-2-1-9-24-17/h1-6,9,15-16,21H,7-8,10-12,19H2. The molecule has 1 aliphatic rings. The molecule has 1 fully saturated rings. The Labute approximate surface area is 145 Å². The van der Waals surface area contributed by atoms with Crippen LogP contribution in [-0.4, -0.2) is 41.7 Å². The molecule has 128 valence electrons. The number of nitrogens with two attached hydrogens (primary N) is 1. The Hall–Kier alpha value is -1.89. The summed E-state index contributed by atoms with van der Waals surface area (Å²) in [5.74, 6) is 0.0615. The first-order valence-electron chi connectivity index (χ1n) is 8.06. The van der Waals surface area contributed by atoms with Crippen molar-refractivity contribution < 1.29 is 14.6 Å². The van der Waals surface area contributed by atoms with Gasteiger partial charge in [-0.15, -0.1) is 11.3 Å². The Morgan fingerprint density at radius 1 is 1.38 bits per heavy atom. The van der Waals surface area contributed by atoms with Crippen molar-refractivity contribution in [3.63, 3.8) is 0 Å². The maximum Gasteiger partial charge on any atom is 0.227 e. The van der Waals surface area contributed by atoms with Crippen LogP contribution in [0.15, 0.2) is 41.8 Å². The summed E-state index contributed by atoms with van der Waals surface area (Å²) in [6.45, 7) is 1.57. The molecule has 0 bridgehead atoms. The molecule has 2 heterocycles. The predicted molar refractivity (Wildman–Crippen MR) is 94.8 cm³/mol. The number of anilines is 1. The molecule has 1 saturated heterocycles. The fraction of sp³-hybridized carbons (Fsp3) is 0.389. The lowest BCUT2D eigenvalue weighted by molar-refractivity contribution is -0.140. The normalized spacial score (nSPS) is 19.2. The third-order valence-corrected chi connectivity index (χ3v) is 5.22. The highest BCUT2D eigenvalue weighted by molar-refractivity contribution is 7.10. The van der Waals surface area contributed by atoms with Gasteiger partial charge in [0.2, 0.25) is 5.91 Å². The number of aliphatic hydroxyl groups excluding tert-OH is 1. The molecule has 6 heteroatoms. The number of carbonyl (C=O) groups is 1. The molecule has 1 aromatic carbocycles. The smallest absolute Gasteiger partial charge is 0.227 e. The van der Waals surface area contributed by atoms with E-state index in [1.807, 2.05) is 34.5 Å². The highest BCUT2D eigenvalue weighted by Crippen LogP contribution is 2.26.